The number of aliphatic hydroxyl groups excluding tert-OH is 1. The van der Waals surface area contributed by atoms with Crippen molar-refractivity contribution in [3.63, 3.8) is 0 Å². The Morgan fingerprint density at radius 1 is 0.829 bits per heavy atom. The van der Waals surface area contributed by atoms with Gasteiger partial charge in [-0.2, -0.15) is 0 Å². The zero-order chi connectivity index (χ0) is 31.1. The molecule has 1 unspecified atom stereocenters. The van der Waals surface area contributed by atoms with Gasteiger partial charge in [0.25, 0.3) is 10.9 Å². The van der Waals surface area contributed by atoms with Crippen molar-refractivity contribution in [3.8, 4) is 11.5 Å². The van der Waals surface area contributed by atoms with Crippen molar-refractivity contribution in [1.82, 2.24) is 5.32 Å². The third-order valence-electron chi connectivity index (χ3n) is 6.38. The van der Waals surface area contributed by atoms with Crippen molar-refractivity contribution in [2.24, 2.45) is 11.5 Å². The van der Waals surface area contributed by atoms with Crippen LogP contribution in [0, 0.1) is 0 Å². The average molecular weight is 588 g/mol. The molecule has 1 aromatic rings. The summed E-state index contributed by atoms with van der Waals surface area (Å²) < 4.78 is 15.6. The number of rotatable bonds is 19. The summed E-state index contributed by atoms with van der Waals surface area (Å²) in [6.07, 6.45) is 18.8. The van der Waals surface area contributed by atoms with E-state index in [-0.39, 0.29) is 17.4 Å². The van der Waals surface area contributed by atoms with E-state index in [1.54, 1.807) is 13.8 Å². The summed E-state index contributed by atoms with van der Waals surface area (Å²) in [6, 6.07) is 0. The maximum Gasteiger partial charge on any atom is 0.275 e. The van der Waals surface area contributed by atoms with Crippen LogP contribution < -0.4 is 37.1 Å². The predicted molar refractivity (Wildman–Crippen MR) is 168 cm³/mol. The van der Waals surface area contributed by atoms with Gasteiger partial charge in [-0.25, -0.2) is 0 Å². The number of hydrogen-bond donors (Lipinski definition) is 4. The monoisotopic (exact) mass is 587 g/mol. The number of nitrogens with two attached hydrogens (primary N) is 2. The van der Waals surface area contributed by atoms with Crippen LogP contribution in [0.5, 0.6) is 11.5 Å². The molecule has 0 aromatic heterocycles. The highest BCUT2D eigenvalue weighted by atomic mass is 16.5. The number of ether oxygens (including phenoxy) is 3. The van der Waals surface area contributed by atoms with Gasteiger partial charge in [0, 0.05) is 33.2 Å². The maximum atomic E-state index is 11.3. The number of nitrogens with one attached hydrogen (secondary N) is 1. The van der Waals surface area contributed by atoms with Crippen molar-refractivity contribution in [1.29, 1.82) is 0 Å². The van der Waals surface area contributed by atoms with Gasteiger partial charge >= 0.3 is 0 Å². The van der Waals surface area contributed by atoms with Crippen molar-refractivity contribution >= 4 is 5.91 Å². The lowest BCUT2D eigenvalue weighted by Gasteiger charge is -2.22. The van der Waals surface area contributed by atoms with Crippen molar-refractivity contribution in [2.75, 3.05) is 46.6 Å². The first-order valence-corrected chi connectivity index (χ1v) is 15.8. The van der Waals surface area contributed by atoms with Crippen LogP contribution in [-0.2, 0) is 9.53 Å². The summed E-state index contributed by atoms with van der Waals surface area (Å²) in [7, 11) is 1.00. The van der Waals surface area contributed by atoms with Gasteiger partial charge in [-0.05, 0) is 58.9 Å². The fourth-order valence-electron chi connectivity index (χ4n) is 4.17. The predicted octanol–water partition coefficient (Wildman–Crippen LogP) is 3.97. The number of amides is 1. The van der Waals surface area contributed by atoms with Gasteiger partial charge in [-0.15, -0.1) is 0 Å². The largest absolute Gasteiger partial charge is 0.486 e. The number of unbranched alkanes of at least 4 members (excludes halogenated alkanes) is 8. The lowest BCUT2D eigenvalue weighted by Crippen LogP contribution is -2.34. The Bertz CT molecular complexity index is 738. The lowest BCUT2D eigenvalue weighted by molar-refractivity contribution is -0.121. The molecule has 0 radical (unpaired) electrons. The second-order valence-electron chi connectivity index (χ2n) is 9.82. The molecular weight excluding hydrogens is 526 g/mol. The van der Waals surface area contributed by atoms with Crippen molar-refractivity contribution in [3.05, 3.63) is 20.4 Å². The van der Waals surface area contributed by atoms with Crippen molar-refractivity contribution < 1.29 is 24.1 Å². The summed E-state index contributed by atoms with van der Waals surface area (Å²) in [6.45, 7) is 9.35. The molecule has 0 spiro atoms. The summed E-state index contributed by atoms with van der Waals surface area (Å²) in [5, 5.41) is 9.81. The van der Waals surface area contributed by atoms with Gasteiger partial charge in [0.05, 0.1) is 19.3 Å². The fraction of sp³-hybridized carbons (Fsp3) is 0.839. The molecule has 41 heavy (non-hydrogen) atoms. The molecule has 1 saturated heterocycles. The number of carbonyl (C=O) groups excluding carboxylic acids is 1. The molecule has 0 bridgehead atoms. The zero-order valence-corrected chi connectivity index (χ0v) is 26.5. The molecule has 1 aliphatic heterocycles. The Morgan fingerprint density at radius 3 is 1.83 bits per heavy atom. The molecule has 242 valence electrons. The zero-order valence-electron chi connectivity index (χ0n) is 26.5. The summed E-state index contributed by atoms with van der Waals surface area (Å²) in [5.74, 6) is 0.293. The van der Waals surface area contributed by atoms with Gasteiger partial charge in [-0.1, -0.05) is 58.3 Å². The molecule has 0 aliphatic carbocycles. The van der Waals surface area contributed by atoms with E-state index >= 15 is 0 Å². The first-order chi connectivity index (χ1) is 20.0. The molecule has 1 atom stereocenters. The van der Waals surface area contributed by atoms with Crippen LogP contribution in [0.3, 0.4) is 0 Å². The standard InChI is InChI=1S/C17H34N2O2.C8H10O4.C5H13N.CH4O/c18-13-14-19-17(20)12-7-5-3-1-2-4-6-10-16-11-8-9-15-21-16;1-3-11-7-5(9)6(10)8(7)12-4-2;1-2-3-4-5-6;1-2/h16H,1-15,18H2,(H,19,20);3-4H2,1-2H3;2-6H2,1H3;2H,1H3. The second kappa shape index (κ2) is 30.9. The molecule has 1 aliphatic rings. The van der Waals surface area contributed by atoms with Crippen LogP contribution in [0.25, 0.3) is 0 Å². The Labute approximate surface area is 248 Å². The van der Waals surface area contributed by atoms with Crippen LogP contribution in [0.2, 0.25) is 0 Å². The summed E-state index contributed by atoms with van der Waals surface area (Å²) >= 11 is 0. The van der Waals surface area contributed by atoms with Crippen molar-refractivity contribution in [2.45, 2.75) is 123 Å². The van der Waals surface area contributed by atoms with E-state index in [0.717, 1.165) is 26.7 Å². The Morgan fingerprint density at radius 2 is 1.39 bits per heavy atom. The van der Waals surface area contributed by atoms with Crippen LogP contribution >= 0.6 is 0 Å². The van der Waals surface area contributed by atoms with Gasteiger partial charge in [0.1, 0.15) is 0 Å². The topological polar surface area (TPSA) is 163 Å². The smallest absolute Gasteiger partial charge is 0.275 e. The summed E-state index contributed by atoms with van der Waals surface area (Å²) in [5.41, 5.74) is 9.38. The number of aliphatic hydroxyl groups is 1. The highest BCUT2D eigenvalue weighted by molar-refractivity contribution is 5.75. The molecule has 1 aromatic carbocycles. The first-order valence-electron chi connectivity index (χ1n) is 15.8. The molecule has 2 rings (SSSR count). The highest BCUT2D eigenvalue weighted by Crippen LogP contribution is 2.20. The molecule has 1 heterocycles. The van der Waals surface area contributed by atoms with E-state index in [1.165, 1.54) is 83.5 Å². The quantitative estimate of drug-likeness (QED) is 0.139. The van der Waals surface area contributed by atoms with Gasteiger partial charge in [0.2, 0.25) is 17.4 Å². The molecule has 6 N–H and O–H groups in total. The van der Waals surface area contributed by atoms with E-state index in [0.29, 0.717) is 38.8 Å². The molecule has 1 fully saturated rings. The molecule has 0 saturated carbocycles. The Balaban J connectivity index is 0. The Hall–Kier alpha value is -2.01. The second-order valence-corrected chi connectivity index (χ2v) is 9.82. The van der Waals surface area contributed by atoms with Crippen LogP contribution in [0.4, 0.5) is 0 Å². The van der Waals surface area contributed by atoms with E-state index in [2.05, 4.69) is 12.2 Å². The van der Waals surface area contributed by atoms with Crippen LogP contribution in [0.1, 0.15) is 117 Å². The van der Waals surface area contributed by atoms with E-state index < -0.39 is 10.9 Å². The normalized spacial score (nSPS) is 14.0. The first kappa shape index (κ1) is 41.1. The number of hydrogen-bond acceptors (Lipinski definition) is 9. The SMILES string of the molecule is CCCCCN.CCOc1c(OCC)c(=O)c1=O.CO.NCCNC(=O)CCCCCCCCCC1CCCCO1. The maximum absolute atomic E-state index is 11.3. The minimum Gasteiger partial charge on any atom is -0.486 e. The minimum atomic E-state index is -0.583. The molecule has 1 amide bonds. The molecule has 10 heteroatoms. The van der Waals surface area contributed by atoms with Crippen LogP contribution in [0.15, 0.2) is 9.59 Å². The van der Waals surface area contributed by atoms with Gasteiger partial charge in [0.15, 0.2) is 0 Å². The third-order valence-corrected chi connectivity index (χ3v) is 6.38. The molecule has 10 nitrogen and oxygen atoms in total. The number of carbonyl (C=O) groups is 1. The summed E-state index contributed by atoms with van der Waals surface area (Å²) in [4.78, 5) is 33.0. The minimum absolute atomic E-state index is 0.0735. The van der Waals surface area contributed by atoms with E-state index in [1.807, 2.05) is 0 Å². The van der Waals surface area contributed by atoms with Gasteiger partial charge < -0.3 is 36.1 Å². The fourth-order valence-corrected chi connectivity index (χ4v) is 4.17. The lowest BCUT2D eigenvalue weighted by atomic mass is 10.0. The van der Waals surface area contributed by atoms with E-state index in [4.69, 9.17) is 30.8 Å². The molecular formula is C31H61N3O7. The Kier molecular flexibility index (Phi) is 31.0. The average Bonchev–Trinajstić information content (AvgIpc) is 3.01. The third kappa shape index (κ3) is 22.3. The van der Waals surface area contributed by atoms with E-state index in [9.17, 15) is 14.4 Å². The van der Waals surface area contributed by atoms with Crippen LogP contribution in [-0.4, -0.2) is 63.7 Å². The highest BCUT2D eigenvalue weighted by Gasteiger charge is 2.23. The van der Waals surface area contributed by atoms with Gasteiger partial charge in [-0.3, -0.25) is 14.4 Å².